The van der Waals surface area contributed by atoms with Crippen molar-refractivity contribution in [1.29, 1.82) is 0 Å². The number of carbonyl (C=O) groups excluding carboxylic acids is 2. The molecule has 2 atom stereocenters. The van der Waals surface area contributed by atoms with Gasteiger partial charge in [-0.15, -0.1) is 0 Å². The third kappa shape index (κ3) is 9.86. The number of rotatable bonds is 9. The Bertz CT molecular complexity index is 3660. The molecule has 2 aliphatic carbocycles. The van der Waals surface area contributed by atoms with Gasteiger partial charge in [0.15, 0.2) is 0 Å². The number of ether oxygens (including phenoxy) is 1. The molecule has 10 aromatic carbocycles. The van der Waals surface area contributed by atoms with E-state index in [1.165, 1.54) is 85.5 Å². The standard InChI is InChI=1S/C32H21BrO2.C25H17BrO.C7H5NO3.CH3F/c33-25-14-19-29-28-8-4-5-9-30(28)32(31(29)20-25,23-6-2-1-3-7-23)24-12-17-27(18-13-24)35-26-15-10-22(21-34)11-16-26;26-19-12-15-22-21-8-4-5-9-23(21)25(24(22)16-19,17-6-2-1-3-7-17)18-10-13-20(27)14-11-18;9-5-6-1-3-7(4-2-6)8(10)11;1-2/h1-21H;1-16,27H;1-5H;1H3/i;;;1D. The summed E-state index contributed by atoms with van der Waals surface area (Å²) in [5.41, 5.74) is 15.1. The fraction of sp³-hybridized carbons (Fsp3) is 0.0462. The Balaban J connectivity index is 0.000000152. The lowest BCUT2D eigenvalue weighted by Gasteiger charge is -2.34. The van der Waals surface area contributed by atoms with Gasteiger partial charge in [-0.1, -0.05) is 177 Å². The molecule has 0 saturated carbocycles. The molecule has 0 bridgehead atoms. The molecule has 0 amide bonds. The number of nitrogens with zero attached hydrogens (tertiary/aromatic N) is 1. The van der Waals surface area contributed by atoms with Crippen molar-refractivity contribution in [3.05, 3.63) is 317 Å². The lowest BCUT2D eigenvalue weighted by atomic mass is 9.68. The van der Waals surface area contributed by atoms with Crippen LogP contribution in [0.1, 0.15) is 66.6 Å². The molecule has 10 heteroatoms. The molecule has 2 unspecified atom stereocenters. The van der Waals surface area contributed by atoms with Crippen molar-refractivity contribution in [2.24, 2.45) is 0 Å². The van der Waals surface area contributed by atoms with E-state index in [-0.39, 0.29) is 11.4 Å². The van der Waals surface area contributed by atoms with Gasteiger partial charge in [0.2, 0.25) is 0 Å². The summed E-state index contributed by atoms with van der Waals surface area (Å²) in [5.74, 6) is 1.72. The molecule has 0 heterocycles. The summed E-state index contributed by atoms with van der Waals surface area (Å²) in [6.07, 6.45) is 1.47. The van der Waals surface area contributed by atoms with Gasteiger partial charge in [0.1, 0.15) is 29.8 Å². The predicted octanol–water partition coefficient (Wildman–Crippen LogP) is 16.9. The van der Waals surface area contributed by atoms with E-state index in [2.05, 4.69) is 190 Å². The van der Waals surface area contributed by atoms with Crippen LogP contribution in [0.25, 0.3) is 22.3 Å². The number of fused-ring (bicyclic) bond motifs is 6. The number of phenols is 1. The first-order valence-electron chi connectivity index (χ1n) is 24.4. The van der Waals surface area contributed by atoms with Crippen LogP contribution in [0.3, 0.4) is 0 Å². The van der Waals surface area contributed by atoms with Crippen LogP contribution >= 0.6 is 31.9 Å². The summed E-state index contributed by atoms with van der Waals surface area (Å²) in [6, 6.07) is 80.3. The van der Waals surface area contributed by atoms with E-state index in [9.17, 15) is 29.2 Å². The van der Waals surface area contributed by atoms with E-state index in [0.29, 0.717) is 23.2 Å². The van der Waals surface area contributed by atoms with Crippen LogP contribution in [0.2, 0.25) is 0 Å². The Labute approximate surface area is 452 Å². The number of aldehydes is 2. The van der Waals surface area contributed by atoms with Gasteiger partial charge in [-0.3, -0.25) is 24.1 Å². The molecule has 10 aromatic rings. The minimum absolute atomic E-state index is 0.00407. The fourth-order valence-corrected chi connectivity index (χ4v) is 11.1. The first-order chi connectivity index (χ1) is 37.1. The second kappa shape index (κ2) is 22.7. The highest BCUT2D eigenvalue weighted by Gasteiger charge is 2.47. The number of hydrogen-bond acceptors (Lipinski definition) is 6. The van der Waals surface area contributed by atoms with Gasteiger partial charge in [-0.05, 0) is 152 Å². The zero-order chi connectivity index (χ0) is 53.2. The summed E-state index contributed by atoms with van der Waals surface area (Å²) in [4.78, 5) is 30.7. The zero-order valence-electron chi connectivity index (χ0n) is 41.0. The average molecular weight is 1120 g/mol. The number of hydrogen-bond donors (Lipinski definition) is 1. The Morgan fingerprint density at radius 1 is 0.480 bits per heavy atom. The van der Waals surface area contributed by atoms with E-state index >= 15 is 0 Å². The fourth-order valence-electron chi connectivity index (χ4n) is 10.4. The smallest absolute Gasteiger partial charge is 0.269 e. The van der Waals surface area contributed by atoms with E-state index in [1.807, 2.05) is 36.4 Å². The first-order valence-corrected chi connectivity index (χ1v) is 25.2. The Morgan fingerprint density at radius 3 is 1.24 bits per heavy atom. The van der Waals surface area contributed by atoms with E-state index in [4.69, 9.17) is 6.11 Å². The van der Waals surface area contributed by atoms with Crippen molar-refractivity contribution in [3.63, 3.8) is 0 Å². The molecule has 1 N–H and O–H groups in total. The zero-order valence-corrected chi connectivity index (χ0v) is 43.2. The number of alkyl halides is 1. The molecular weight excluding hydrogens is 1070 g/mol. The van der Waals surface area contributed by atoms with Crippen molar-refractivity contribution < 1.29 is 30.1 Å². The third-order valence-electron chi connectivity index (χ3n) is 13.5. The Morgan fingerprint density at radius 2 is 0.827 bits per heavy atom. The van der Waals surface area contributed by atoms with Gasteiger partial charge >= 0.3 is 0 Å². The highest BCUT2D eigenvalue weighted by atomic mass is 79.9. The first kappa shape index (κ1) is 50.0. The van der Waals surface area contributed by atoms with E-state index in [0.717, 1.165) is 26.5 Å². The SMILES string of the molecule is O=Cc1ccc(Oc2ccc(C3(c4ccccc4)c4ccccc4-c4ccc(Br)cc43)cc2)cc1.O=Cc1ccc([N+](=O)[O-])cc1.Oc1ccc(C2(c3ccccc3)c3ccccc3-c3ccc(Br)cc32)cc1.[2H]CF. The van der Waals surface area contributed by atoms with Gasteiger partial charge in [-0.2, -0.15) is 0 Å². The van der Waals surface area contributed by atoms with Crippen molar-refractivity contribution in [2.75, 3.05) is 7.15 Å². The summed E-state index contributed by atoms with van der Waals surface area (Å²) >= 11 is 7.40. The minimum atomic E-state index is -1.00. The van der Waals surface area contributed by atoms with Gasteiger partial charge in [0.05, 0.1) is 24.3 Å². The van der Waals surface area contributed by atoms with Crippen LogP contribution in [0, 0.1) is 10.1 Å². The molecule has 368 valence electrons. The number of phenolic OH excluding ortho intramolecular Hbond substituents is 1. The number of aromatic hydroxyl groups is 1. The normalized spacial score (nSPS) is 15.2. The molecular formula is C65H46Br2FNO6. The van der Waals surface area contributed by atoms with Crippen molar-refractivity contribution >= 4 is 50.1 Å². The van der Waals surface area contributed by atoms with E-state index < -0.39 is 22.9 Å². The highest BCUT2D eigenvalue weighted by Crippen LogP contribution is 2.58. The highest BCUT2D eigenvalue weighted by molar-refractivity contribution is 9.10. The molecule has 0 fully saturated rings. The topological polar surface area (TPSA) is 107 Å². The lowest BCUT2D eigenvalue weighted by Crippen LogP contribution is -2.28. The quantitative estimate of drug-likeness (QED) is 0.0877. The van der Waals surface area contributed by atoms with Crippen LogP contribution in [0.5, 0.6) is 17.2 Å². The molecule has 2 aliphatic rings. The van der Waals surface area contributed by atoms with Crippen LogP contribution in [-0.4, -0.2) is 29.8 Å². The molecule has 12 rings (SSSR count). The molecule has 75 heavy (non-hydrogen) atoms. The van der Waals surface area contributed by atoms with Gasteiger partial charge in [0, 0.05) is 32.2 Å². The molecule has 0 radical (unpaired) electrons. The van der Waals surface area contributed by atoms with Crippen LogP contribution in [0.15, 0.2) is 252 Å². The summed E-state index contributed by atoms with van der Waals surface area (Å²) < 4.78 is 23.7. The summed E-state index contributed by atoms with van der Waals surface area (Å²) in [5, 5.41) is 20.0. The predicted molar refractivity (Wildman–Crippen MR) is 302 cm³/mol. The van der Waals surface area contributed by atoms with Gasteiger partial charge < -0.3 is 9.84 Å². The number of nitro benzene ring substituents is 1. The van der Waals surface area contributed by atoms with Crippen molar-refractivity contribution in [3.8, 4) is 39.5 Å². The largest absolute Gasteiger partial charge is 0.508 e. The van der Waals surface area contributed by atoms with Gasteiger partial charge in [0.25, 0.3) is 5.69 Å². The molecule has 0 saturated heterocycles. The molecule has 0 aromatic heterocycles. The van der Waals surface area contributed by atoms with Crippen LogP contribution in [0.4, 0.5) is 10.1 Å². The summed E-state index contributed by atoms with van der Waals surface area (Å²) in [7, 11) is -1.00. The van der Waals surface area contributed by atoms with Crippen molar-refractivity contribution in [1.82, 2.24) is 0 Å². The average Bonchev–Trinajstić information content (AvgIpc) is 4.00. The maximum atomic E-state index is 10.9. The second-order valence-corrected chi connectivity index (χ2v) is 19.4. The number of non-ortho nitro benzene ring substituents is 1. The monoisotopic (exact) mass is 1110 g/mol. The van der Waals surface area contributed by atoms with E-state index in [1.54, 1.807) is 24.3 Å². The minimum Gasteiger partial charge on any atom is -0.508 e. The molecule has 7 nitrogen and oxygen atoms in total. The Kier molecular flexibility index (Phi) is 15.1. The number of halogens is 3. The van der Waals surface area contributed by atoms with Gasteiger partial charge in [-0.25, -0.2) is 0 Å². The van der Waals surface area contributed by atoms with Crippen molar-refractivity contribution in [2.45, 2.75) is 10.8 Å². The molecule has 0 spiro atoms. The molecule has 0 aliphatic heterocycles. The second-order valence-electron chi connectivity index (χ2n) is 17.5. The summed E-state index contributed by atoms with van der Waals surface area (Å²) in [6.45, 7) is 0. The maximum absolute atomic E-state index is 10.9. The lowest BCUT2D eigenvalue weighted by molar-refractivity contribution is -0.384. The number of carbonyl (C=O) groups is 2. The van der Waals surface area contributed by atoms with Crippen LogP contribution in [-0.2, 0) is 10.8 Å². The van der Waals surface area contributed by atoms with Crippen LogP contribution < -0.4 is 4.74 Å². The third-order valence-corrected chi connectivity index (χ3v) is 14.5. The Hall–Kier alpha value is -8.57. The number of nitro groups is 1. The maximum Gasteiger partial charge on any atom is 0.269 e. The number of benzene rings is 10.